The van der Waals surface area contributed by atoms with Gasteiger partial charge in [-0.3, -0.25) is 0 Å². The normalized spacial score (nSPS) is 16.4. The minimum Gasteiger partial charge on any atom is -0.377 e. The summed E-state index contributed by atoms with van der Waals surface area (Å²) in [5.41, 5.74) is 6.84. The van der Waals surface area contributed by atoms with Gasteiger partial charge in [-0.25, -0.2) is 0 Å². The maximum absolute atomic E-state index is 6.28. The van der Waals surface area contributed by atoms with Gasteiger partial charge in [-0.15, -0.1) is 32.9 Å². The van der Waals surface area contributed by atoms with Crippen molar-refractivity contribution in [1.29, 1.82) is 0 Å². The van der Waals surface area contributed by atoms with E-state index in [-0.39, 0.29) is 5.54 Å². The van der Waals surface area contributed by atoms with Gasteiger partial charge in [0, 0.05) is 16.2 Å². The molecular formula is C14H14BrN5OS2. The number of anilines is 1. The monoisotopic (exact) mass is 411 g/mol. The number of hydrogen-bond donors (Lipinski definition) is 2. The van der Waals surface area contributed by atoms with Crippen LogP contribution >= 0.6 is 38.6 Å². The van der Waals surface area contributed by atoms with Gasteiger partial charge in [0.1, 0.15) is 10.2 Å². The first-order chi connectivity index (χ1) is 11.1. The van der Waals surface area contributed by atoms with Crippen molar-refractivity contribution in [3.63, 3.8) is 0 Å². The van der Waals surface area contributed by atoms with E-state index < -0.39 is 0 Å². The van der Waals surface area contributed by atoms with E-state index in [2.05, 4.69) is 48.1 Å². The van der Waals surface area contributed by atoms with Gasteiger partial charge in [0.15, 0.2) is 5.82 Å². The number of nitrogens with one attached hydrogen (secondary N) is 1. The first kappa shape index (κ1) is 15.4. The van der Waals surface area contributed by atoms with Crippen LogP contribution < -0.4 is 11.1 Å². The van der Waals surface area contributed by atoms with E-state index in [1.807, 2.05) is 6.07 Å². The van der Waals surface area contributed by atoms with Crippen molar-refractivity contribution >= 4 is 54.6 Å². The van der Waals surface area contributed by atoms with Crippen molar-refractivity contribution in [1.82, 2.24) is 15.4 Å². The third-order valence-electron chi connectivity index (χ3n) is 3.70. The fraction of sp³-hybridized carbons (Fsp3) is 0.357. The van der Waals surface area contributed by atoms with E-state index in [9.17, 15) is 0 Å². The van der Waals surface area contributed by atoms with Gasteiger partial charge < -0.3 is 15.8 Å². The number of nitrogens with two attached hydrogens (primary N) is 1. The molecule has 23 heavy (non-hydrogen) atoms. The number of hydrogen-bond acceptors (Lipinski definition) is 8. The van der Waals surface area contributed by atoms with E-state index in [1.165, 1.54) is 4.88 Å². The largest absolute Gasteiger partial charge is 0.377 e. The molecule has 1 aliphatic rings. The minimum absolute atomic E-state index is 0.269. The van der Waals surface area contributed by atoms with Crippen LogP contribution in [0.4, 0.5) is 5.82 Å². The Labute approximate surface area is 149 Å². The summed E-state index contributed by atoms with van der Waals surface area (Å²) < 4.78 is 7.20. The summed E-state index contributed by atoms with van der Waals surface area (Å²) in [6.07, 6.45) is 0.763. The van der Waals surface area contributed by atoms with Gasteiger partial charge >= 0.3 is 0 Å². The zero-order valence-corrected chi connectivity index (χ0v) is 15.3. The minimum atomic E-state index is -0.269. The Balaban J connectivity index is 1.63. The number of halogens is 1. The number of rotatable bonds is 5. The SMILES string of the molecule is NC1(Cc2sc3c(NCc4cccs4)nnnc3c2Br)COC1. The summed E-state index contributed by atoms with van der Waals surface area (Å²) in [6.45, 7) is 1.92. The summed E-state index contributed by atoms with van der Waals surface area (Å²) in [5.74, 6) is 0.760. The molecule has 4 heterocycles. The first-order valence-corrected chi connectivity index (χ1v) is 9.57. The average molecular weight is 412 g/mol. The van der Waals surface area contributed by atoms with Crippen LogP contribution in [-0.2, 0) is 17.7 Å². The highest BCUT2D eigenvalue weighted by Gasteiger charge is 2.35. The van der Waals surface area contributed by atoms with Crippen LogP contribution in [0.5, 0.6) is 0 Å². The van der Waals surface area contributed by atoms with Gasteiger partial charge in [-0.05, 0) is 32.6 Å². The molecule has 0 aromatic carbocycles. The molecule has 9 heteroatoms. The molecule has 0 saturated carbocycles. The summed E-state index contributed by atoms with van der Waals surface area (Å²) in [6, 6.07) is 4.13. The molecule has 3 aromatic heterocycles. The first-order valence-electron chi connectivity index (χ1n) is 7.08. The fourth-order valence-corrected chi connectivity index (χ4v) is 5.13. The smallest absolute Gasteiger partial charge is 0.170 e. The average Bonchev–Trinajstić information content (AvgIpc) is 3.13. The Morgan fingerprint density at radius 1 is 1.39 bits per heavy atom. The van der Waals surface area contributed by atoms with Crippen molar-refractivity contribution in [3.8, 4) is 0 Å². The molecule has 6 nitrogen and oxygen atoms in total. The Hall–Kier alpha value is -1.13. The molecule has 120 valence electrons. The lowest BCUT2D eigenvalue weighted by atomic mass is 9.94. The van der Waals surface area contributed by atoms with Gasteiger partial charge in [-0.1, -0.05) is 6.07 Å². The van der Waals surface area contributed by atoms with Crippen LogP contribution in [0.1, 0.15) is 9.75 Å². The third kappa shape index (κ3) is 2.99. The van der Waals surface area contributed by atoms with Gasteiger partial charge in [-0.2, -0.15) is 0 Å². The maximum atomic E-state index is 6.28. The number of ether oxygens (including phenoxy) is 1. The Morgan fingerprint density at radius 2 is 2.26 bits per heavy atom. The lowest BCUT2D eigenvalue weighted by molar-refractivity contribution is -0.0526. The molecular weight excluding hydrogens is 398 g/mol. The predicted molar refractivity (Wildman–Crippen MR) is 96.0 cm³/mol. The number of fused-ring (bicyclic) bond motifs is 1. The van der Waals surface area contributed by atoms with E-state index in [0.29, 0.717) is 13.2 Å². The van der Waals surface area contributed by atoms with Crippen molar-refractivity contribution in [2.24, 2.45) is 5.73 Å². The van der Waals surface area contributed by atoms with Crippen molar-refractivity contribution < 1.29 is 4.74 Å². The standard InChI is InChI=1S/C14H14BrN5OS2/c15-10-9(4-14(16)6-21-7-14)23-12-11(10)18-20-19-13(12)17-5-8-2-1-3-22-8/h1-3H,4-7,16H2,(H,17,18,19). The molecule has 1 saturated heterocycles. The topological polar surface area (TPSA) is 86.0 Å². The summed E-state index contributed by atoms with van der Waals surface area (Å²) >= 11 is 7.01. The molecule has 1 aliphatic heterocycles. The second-order valence-corrected chi connectivity index (χ2v) is 8.55. The Morgan fingerprint density at radius 3 is 2.96 bits per heavy atom. The van der Waals surface area contributed by atoms with Gasteiger partial charge in [0.05, 0.1) is 29.8 Å². The molecule has 3 aromatic rings. The maximum Gasteiger partial charge on any atom is 0.170 e. The van der Waals surface area contributed by atoms with Crippen LogP contribution in [0.3, 0.4) is 0 Å². The number of thiophene rings is 2. The second-order valence-electron chi connectivity index (χ2n) is 5.62. The summed E-state index contributed by atoms with van der Waals surface area (Å²) in [7, 11) is 0. The predicted octanol–water partition coefficient (Wildman–Crippen LogP) is 2.79. The second kappa shape index (κ2) is 6.06. The lowest BCUT2D eigenvalue weighted by Gasteiger charge is -2.37. The summed E-state index contributed by atoms with van der Waals surface area (Å²) in [4.78, 5) is 2.41. The van der Waals surface area contributed by atoms with Crippen LogP contribution in [0, 0.1) is 0 Å². The molecule has 0 spiro atoms. The molecule has 0 amide bonds. The zero-order chi connectivity index (χ0) is 15.9. The van der Waals surface area contributed by atoms with Gasteiger partial charge in [0.2, 0.25) is 0 Å². The van der Waals surface area contributed by atoms with Crippen LogP contribution in [0.2, 0.25) is 0 Å². The van der Waals surface area contributed by atoms with Crippen LogP contribution in [0.15, 0.2) is 22.0 Å². The quantitative estimate of drug-likeness (QED) is 0.670. The Bertz CT molecular complexity index is 831. The molecule has 0 bridgehead atoms. The molecule has 1 fully saturated rings. The number of nitrogens with zero attached hydrogens (tertiary/aromatic N) is 3. The van der Waals surface area contributed by atoms with Crippen molar-refractivity contribution in [3.05, 3.63) is 31.7 Å². The number of aromatic nitrogens is 3. The van der Waals surface area contributed by atoms with Crippen LogP contribution in [-0.4, -0.2) is 34.2 Å². The zero-order valence-electron chi connectivity index (χ0n) is 12.1. The van der Waals surface area contributed by atoms with Crippen molar-refractivity contribution in [2.45, 2.75) is 18.5 Å². The molecule has 0 radical (unpaired) electrons. The van der Waals surface area contributed by atoms with Crippen molar-refractivity contribution in [2.75, 3.05) is 18.5 Å². The van der Waals surface area contributed by atoms with E-state index >= 15 is 0 Å². The van der Waals surface area contributed by atoms with Gasteiger partial charge in [0.25, 0.3) is 0 Å². The third-order valence-corrected chi connectivity index (χ3v) is 6.88. The van der Waals surface area contributed by atoms with E-state index in [1.54, 1.807) is 22.7 Å². The van der Waals surface area contributed by atoms with E-state index in [0.717, 1.165) is 38.3 Å². The summed E-state index contributed by atoms with van der Waals surface area (Å²) in [5, 5.41) is 17.6. The highest BCUT2D eigenvalue weighted by molar-refractivity contribution is 9.10. The van der Waals surface area contributed by atoms with Crippen LogP contribution in [0.25, 0.3) is 10.2 Å². The molecule has 0 unspecified atom stereocenters. The highest BCUT2D eigenvalue weighted by Crippen LogP contribution is 2.39. The molecule has 3 N–H and O–H groups in total. The lowest BCUT2D eigenvalue weighted by Crippen LogP contribution is -2.58. The highest BCUT2D eigenvalue weighted by atomic mass is 79.9. The fourth-order valence-electron chi connectivity index (χ4n) is 2.45. The molecule has 0 atom stereocenters. The van der Waals surface area contributed by atoms with E-state index in [4.69, 9.17) is 10.5 Å². The Kier molecular flexibility index (Phi) is 4.06. The molecule has 0 aliphatic carbocycles. The molecule has 4 rings (SSSR count).